The zero-order valence-corrected chi connectivity index (χ0v) is 14.0. The second-order valence-corrected chi connectivity index (χ2v) is 7.42. The molecule has 0 aliphatic carbocycles. The van der Waals surface area contributed by atoms with Crippen molar-refractivity contribution >= 4 is 22.1 Å². The molecule has 0 radical (unpaired) electrons. The monoisotopic (exact) mass is 332 g/mol. The number of thiazole rings is 1. The first kappa shape index (κ1) is 15.1. The maximum Gasteiger partial charge on any atom is 0.206 e. The lowest BCUT2D eigenvalue weighted by Gasteiger charge is -1.98. The summed E-state index contributed by atoms with van der Waals surface area (Å²) >= 11 is 1.58. The van der Waals surface area contributed by atoms with Gasteiger partial charge >= 0.3 is 0 Å². The molecule has 3 aromatic rings. The van der Waals surface area contributed by atoms with Gasteiger partial charge in [0.2, 0.25) is 5.89 Å². The standard InChI is InChI=1S/C16H16N2O2S2/c1-11-3-5-13(6-4-11)16-18-14(8-21-16)9-22(19)10-15-17-7-12(2)20-15/h3-8H,9-10H2,1-2H3/t22-/m0/s1. The van der Waals surface area contributed by atoms with Crippen LogP contribution in [0.3, 0.4) is 0 Å². The molecular weight excluding hydrogens is 316 g/mol. The van der Waals surface area contributed by atoms with Gasteiger partial charge in [-0.15, -0.1) is 11.3 Å². The summed E-state index contributed by atoms with van der Waals surface area (Å²) in [5, 5.41) is 2.92. The highest BCUT2D eigenvalue weighted by molar-refractivity contribution is 7.83. The molecule has 1 aromatic carbocycles. The van der Waals surface area contributed by atoms with Crippen LogP contribution in [0.1, 0.15) is 22.9 Å². The third-order valence-corrected chi connectivity index (χ3v) is 5.24. The van der Waals surface area contributed by atoms with Crippen molar-refractivity contribution in [3.63, 3.8) is 0 Å². The third-order valence-electron chi connectivity index (χ3n) is 3.11. The largest absolute Gasteiger partial charge is 0.445 e. The molecular formula is C16H16N2O2S2. The molecule has 1 atom stereocenters. The van der Waals surface area contributed by atoms with Crippen LogP contribution >= 0.6 is 11.3 Å². The minimum absolute atomic E-state index is 0.325. The molecule has 0 saturated heterocycles. The molecule has 0 fully saturated rings. The average molecular weight is 332 g/mol. The van der Waals surface area contributed by atoms with E-state index in [0.717, 1.165) is 22.0 Å². The van der Waals surface area contributed by atoms with Gasteiger partial charge in [-0.25, -0.2) is 9.97 Å². The van der Waals surface area contributed by atoms with E-state index in [4.69, 9.17) is 4.42 Å². The van der Waals surface area contributed by atoms with Gasteiger partial charge in [0.15, 0.2) is 0 Å². The number of rotatable bonds is 5. The van der Waals surface area contributed by atoms with E-state index in [-0.39, 0.29) is 0 Å². The van der Waals surface area contributed by atoms with Crippen LogP contribution in [0, 0.1) is 13.8 Å². The molecule has 0 aliphatic rings. The highest BCUT2D eigenvalue weighted by Gasteiger charge is 2.11. The van der Waals surface area contributed by atoms with Crippen LogP contribution in [0.4, 0.5) is 0 Å². The molecule has 4 nitrogen and oxygen atoms in total. The number of oxazole rings is 1. The van der Waals surface area contributed by atoms with E-state index >= 15 is 0 Å². The van der Waals surface area contributed by atoms with Crippen LogP contribution < -0.4 is 0 Å². The van der Waals surface area contributed by atoms with E-state index < -0.39 is 10.8 Å². The molecule has 2 heterocycles. The van der Waals surface area contributed by atoms with Crippen molar-refractivity contribution in [2.24, 2.45) is 0 Å². The van der Waals surface area contributed by atoms with Crippen molar-refractivity contribution in [2.75, 3.05) is 0 Å². The minimum Gasteiger partial charge on any atom is -0.445 e. The van der Waals surface area contributed by atoms with Gasteiger partial charge in [0, 0.05) is 21.7 Å². The van der Waals surface area contributed by atoms with Crippen molar-refractivity contribution in [1.29, 1.82) is 0 Å². The number of aryl methyl sites for hydroxylation is 2. The average Bonchev–Trinajstić information content (AvgIpc) is 3.09. The molecule has 0 aliphatic heterocycles. The van der Waals surface area contributed by atoms with Crippen LogP contribution in [0.25, 0.3) is 10.6 Å². The predicted octanol–water partition coefficient (Wildman–Crippen LogP) is 3.86. The fourth-order valence-corrected chi connectivity index (χ4v) is 3.94. The van der Waals surface area contributed by atoms with Crippen LogP contribution in [-0.4, -0.2) is 14.2 Å². The molecule has 0 spiro atoms. The molecule has 22 heavy (non-hydrogen) atoms. The van der Waals surface area contributed by atoms with E-state index in [1.54, 1.807) is 17.5 Å². The fourth-order valence-electron chi connectivity index (χ4n) is 2.02. The number of hydrogen-bond donors (Lipinski definition) is 0. The van der Waals surface area contributed by atoms with Crippen LogP contribution in [0.15, 0.2) is 40.3 Å². The van der Waals surface area contributed by atoms with Gasteiger partial charge in [0.05, 0.1) is 17.6 Å². The number of aromatic nitrogens is 2. The Morgan fingerprint density at radius 3 is 2.64 bits per heavy atom. The zero-order chi connectivity index (χ0) is 15.5. The van der Waals surface area contributed by atoms with E-state index in [0.29, 0.717) is 17.4 Å². The van der Waals surface area contributed by atoms with Gasteiger partial charge in [-0.3, -0.25) is 4.21 Å². The molecule has 6 heteroatoms. The third kappa shape index (κ3) is 3.69. The molecule has 2 aromatic heterocycles. The van der Waals surface area contributed by atoms with E-state index in [1.165, 1.54) is 5.56 Å². The lowest BCUT2D eigenvalue weighted by molar-refractivity contribution is 0.488. The van der Waals surface area contributed by atoms with Gasteiger partial charge in [-0.2, -0.15) is 0 Å². The molecule has 114 valence electrons. The van der Waals surface area contributed by atoms with Crippen LogP contribution in [-0.2, 0) is 22.3 Å². The lowest BCUT2D eigenvalue weighted by atomic mass is 10.2. The van der Waals surface area contributed by atoms with E-state index in [1.807, 2.05) is 12.3 Å². The second kappa shape index (κ2) is 6.54. The summed E-state index contributed by atoms with van der Waals surface area (Å²) < 4.78 is 17.5. The number of hydrogen-bond acceptors (Lipinski definition) is 5. The molecule has 0 saturated carbocycles. The number of benzene rings is 1. The summed E-state index contributed by atoms with van der Waals surface area (Å²) in [6, 6.07) is 8.26. The van der Waals surface area contributed by atoms with Crippen LogP contribution in [0.5, 0.6) is 0 Å². The summed E-state index contributed by atoms with van der Waals surface area (Å²) in [6.07, 6.45) is 1.64. The van der Waals surface area contributed by atoms with Crippen molar-refractivity contribution in [2.45, 2.75) is 25.4 Å². The van der Waals surface area contributed by atoms with Gasteiger partial charge in [0.1, 0.15) is 16.5 Å². The van der Waals surface area contributed by atoms with Crippen molar-refractivity contribution < 1.29 is 8.63 Å². The molecule has 0 amide bonds. The molecule has 0 bridgehead atoms. The Labute approximate surface area is 135 Å². The smallest absolute Gasteiger partial charge is 0.206 e. The van der Waals surface area contributed by atoms with E-state index in [9.17, 15) is 4.21 Å². The van der Waals surface area contributed by atoms with Crippen molar-refractivity contribution in [1.82, 2.24) is 9.97 Å². The molecule has 3 rings (SSSR count). The zero-order valence-electron chi connectivity index (χ0n) is 12.4. The Morgan fingerprint density at radius 2 is 1.95 bits per heavy atom. The normalized spacial score (nSPS) is 12.5. The predicted molar refractivity (Wildman–Crippen MR) is 89.1 cm³/mol. The van der Waals surface area contributed by atoms with E-state index in [2.05, 4.69) is 41.2 Å². The maximum absolute atomic E-state index is 12.2. The highest BCUT2D eigenvalue weighted by atomic mass is 32.2. The van der Waals surface area contributed by atoms with Crippen LogP contribution in [0.2, 0.25) is 0 Å². The summed E-state index contributed by atoms with van der Waals surface area (Å²) in [7, 11) is -1.07. The number of nitrogens with zero attached hydrogens (tertiary/aromatic N) is 2. The Balaban J connectivity index is 1.66. The highest BCUT2D eigenvalue weighted by Crippen LogP contribution is 2.24. The Bertz CT molecular complexity index is 791. The van der Waals surface area contributed by atoms with Crippen molar-refractivity contribution in [3.05, 3.63) is 58.8 Å². The Kier molecular flexibility index (Phi) is 4.49. The maximum atomic E-state index is 12.2. The lowest BCUT2D eigenvalue weighted by Crippen LogP contribution is -2.00. The van der Waals surface area contributed by atoms with Gasteiger partial charge in [-0.1, -0.05) is 29.8 Å². The topological polar surface area (TPSA) is 56.0 Å². The quantitative estimate of drug-likeness (QED) is 0.712. The summed E-state index contributed by atoms with van der Waals surface area (Å²) in [5.74, 6) is 2.00. The SMILES string of the molecule is Cc1ccc(-c2nc(C[S@](=O)Cc3ncc(C)o3)cs2)cc1. The first-order valence-corrected chi connectivity index (χ1v) is 9.24. The molecule has 0 N–H and O–H groups in total. The molecule has 0 unspecified atom stereocenters. The summed E-state index contributed by atoms with van der Waals surface area (Å²) in [5.41, 5.74) is 3.17. The van der Waals surface area contributed by atoms with Gasteiger partial charge in [-0.05, 0) is 13.8 Å². The Morgan fingerprint density at radius 1 is 1.18 bits per heavy atom. The minimum atomic E-state index is -1.07. The Hall–Kier alpha value is -1.79. The second-order valence-electron chi connectivity index (χ2n) is 5.10. The van der Waals surface area contributed by atoms with Crippen molar-refractivity contribution in [3.8, 4) is 10.6 Å². The van der Waals surface area contributed by atoms with Gasteiger partial charge in [0.25, 0.3) is 0 Å². The first-order chi connectivity index (χ1) is 10.6. The summed E-state index contributed by atoms with van der Waals surface area (Å²) in [6.45, 7) is 3.89. The summed E-state index contributed by atoms with van der Waals surface area (Å²) in [4.78, 5) is 8.65. The first-order valence-electron chi connectivity index (χ1n) is 6.88. The fraction of sp³-hybridized carbons (Fsp3) is 0.250. The van der Waals surface area contributed by atoms with Gasteiger partial charge < -0.3 is 4.42 Å².